The van der Waals surface area contributed by atoms with E-state index in [9.17, 15) is 24.4 Å². The molecular weight excluding hydrogens is 438 g/mol. The number of carbonyl (C=O) groups excluding carboxylic acids is 4. The first-order valence-electron chi connectivity index (χ1n) is 11.4. The Labute approximate surface area is 200 Å². The van der Waals surface area contributed by atoms with Crippen LogP contribution < -0.4 is 27.8 Å². The van der Waals surface area contributed by atoms with E-state index in [2.05, 4.69) is 10.7 Å². The minimum absolute atomic E-state index is 0.0201. The molecular formula is C24H37N5O5. The molecule has 0 heterocycles. The molecule has 0 radical (unpaired) electrons. The van der Waals surface area contributed by atoms with Crippen LogP contribution in [0, 0.1) is 17.3 Å². The third-order valence-corrected chi connectivity index (χ3v) is 6.04. The van der Waals surface area contributed by atoms with Gasteiger partial charge in [0.25, 0.3) is 0 Å². The van der Waals surface area contributed by atoms with Crippen molar-refractivity contribution < 1.29 is 24.4 Å². The molecule has 0 bridgehead atoms. The molecule has 0 fully saturated rings. The molecule has 2 unspecified atom stereocenters. The van der Waals surface area contributed by atoms with Crippen LogP contribution in [0.2, 0.25) is 0 Å². The molecule has 1 aromatic rings. The second-order valence-corrected chi connectivity index (χ2v) is 8.50. The maximum atomic E-state index is 14.0. The molecule has 1 rings (SSSR count). The van der Waals surface area contributed by atoms with E-state index >= 15 is 0 Å². The van der Waals surface area contributed by atoms with Gasteiger partial charge >= 0.3 is 6.03 Å². The summed E-state index contributed by atoms with van der Waals surface area (Å²) in [6, 6.07) is 6.74. The molecule has 4 amide bonds. The van der Waals surface area contributed by atoms with Gasteiger partial charge in [-0.2, -0.15) is 0 Å². The lowest BCUT2D eigenvalue weighted by Crippen LogP contribution is -2.60. The molecule has 10 heteroatoms. The lowest BCUT2D eigenvalue weighted by Gasteiger charge is -2.37. The highest BCUT2D eigenvalue weighted by molar-refractivity contribution is 6.10. The Morgan fingerprint density at radius 3 is 2.29 bits per heavy atom. The monoisotopic (exact) mass is 475 g/mol. The predicted molar refractivity (Wildman–Crippen MR) is 129 cm³/mol. The number of carbonyl (C=O) groups is 4. The molecule has 34 heavy (non-hydrogen) atoms. The molecule has 0 aliphatic heterocycles. The molecule has 0 aliphatic carbocycles. The van der Waals surface area contributed by atoms with E-state index in [1.165, 1.54) is 0 Å². The number of nitrogens with two attached hydrogens (primary N) is 2. The van der Waals surface area contributed by atoms with E-state index in [4.69, 9.17) is 11.6 Å². The highest BCUT2D eigenvalue weighted by atomic mass is 16.5. The molecule has 10 nitrogen and oxygen atoms in total. The molecule has 188 valence electrons. The molecule has 1 aromatic carbocycles. The number of allylic oxidation sites excluding steroid dienone is 1. The number of amides is 4. The minimum atomic E-state index is -1.59. The van der Waals surface area contributed by atoms with Crippen molar-refractivity contribution in [1.29, 1.82) is 0 Å². The molecule has 0 saturated carbocycles. The Balaban J connectivity index is 3.50. The van der Waals surface area contributed by atoms with Gasteiger partial charge in [0.2, 0.25) is 11.8 Å². The quantitative estimate of drug-likeness (QED) is 0.0788. The normalized spacial score (nSPS) is 15.6. The van der Waals surface area contributed by atoms with Gasteiger partial charge in [0.05, 0.1) is 5.92 Å². The third kappa shape index (κ3) is 7.67. The van der Waals surface area contributed by atoms with Crippen LogP contribution in [-0.4, -0.2) is 34.9 Å². The number of hydrogen-bond donors (Lipinski definition) is 6. The summed E-state index contributed by atoms with van der Waals surface area (Å²) in [6.07, 6.45) is 4.88. The van der Waals surface area contributed by atoms with Gasteiger partial charge in [0.15, 0.2) is 5.78 Å². The Bertz CT molecular complexity index is 861. The average Bonchev–Trinajstić information content (AvgIpc) is 2.84. The van der Waals surface area contributed by atoms with Gasteiger partial charge in [-0.15, -0.1) is 0 Å². The van der Waals surface area contributed by atoms with Crippen LogP contribution in [-0.2, 0) is 14.4 Å². The Morgan fingerprint density at radius 1 is 1.15 bits per heavy atom. The molecule has 0 saturated heterocycles. The van der Waals surface area contributed by atoms with Gasteiger partial charge in [-0.05, 0) is 30.7 Å². The Hall–Kier alpha value is -3.24. The SMILES string of the molecule is CCCC(CC(C)CC)(C(=O)NN)C(=O)[C@H](NC(N)=O)[C@H](C/C=C/c1ccccc1)C(=O)NO. The van der Waals surface area contributed by atoms with E-state index < -0.39 is 41.0 Å². The summed E-state index contributed by atoms with van der Waals surface area (Å²) in [5.41, 5.74) is 8.25. The largest absolute Gasteiger partial charge is 0.352 e. The van der Waals surface area contributed by atoms with Crippen molar-refractivity contribution in [1.82, 2.24) is 16.2 Å². The first kappa shape index (κ1) is 28.8. The summed E-state index contributed by atoms with van der Waals surface area (Å²) in [4.78, 5) is 51.4. The van der Waals surface area contributed by atoms with Crippen molar-refractivity contribution >= 4 is 29.7 Å². The van der Waals surface area contributed by atoms with E-state index in [0.717, 1.165) is 5.56 Å². The number of urea groups is 1. The number of hydrogen-bond acceptors (Lipinski definition) is 6. The Kier molecular flexibility index (Phi) is 12.0. The summed E-state index contributed by atoms with van der Waals surface area (Å²) in [7, 11) is 0. The first-order valence-corrected chi connectivity index (χ1v) is 11.4. The zero-order valence-corrected chi connectivity index (χ0v) is 20.0. The maximum absolute atomic E-state index is 14.0. The fraction of sp³-hybridized carbons (Fsp3) is 0.500. The van der Waals surface area contributed by atoms with Crippen LogP contribution in [0.4, 0.5) is 4.79 Å². The topological polar surface area (TPSA) is 177 Å². The van der Waals surface area contributed by atoms with E-state index in [-0.39, 0.29) is 25.2 Å². The zero-order chi connectivity index (χ0) is 25.7. The van der Waals surface area contributed by atoms with Crippen LogP contribution in [0.1, 0.15) is 58.4 Å². The third-order valence-electron chi connectivity index (χ3n) is 6.04. The molecule has 0 spiro atoms. The van der Waals surface area contributed by atoms with Crippen molar-refractivity contribution in [3.05, 3.63) is 42.0 Å². The van der Waals surface area contributed by atoms with E-state index in [1.807, 2.05) is 51.1 Å². The minimum Gasteiger partial charge on any atom is -0.352 e. The van der Waals surface area contributed by atoms with Gasteiger partial charge in [-0.1, -0.05) is 76.1 Å². The van der Waals surface area contributed by atoms with Crippen molar-refractivity contribution in [2.45, 2.75) is 58.9 Å². The smallest absolute Gasteiger partial charge is 0.312 e. The van der Waals surface area contributed by atoms with Crippen LogP contribution in [0.15, 0.2) is 36.4 Å². The Morgan fingerprint density at radius 2 is 1.79 bits per heavy atom. The summed E-state index contributed by atoms with van der Waals surface area (Å²) >= 11 is 0. The highest BCUT2D eigenvalue weighted by Gasteiger charge is 2.50. The molecule has 8 N–H and O–H groups in total. The van der Waals surface area contributed by atoms with Crippen LogP contribution in [0.3, 0.4) is 0 Å². The van der Waals surface area contributed by atoms with Crippen molar-refractivity contribution in [3.63, 3.8) is 0 Å². The standard InChI is InChI=1S/C24H37N5O5/c1-4-14-24(22(32)28-26,15-16(3)5-2)20(30)19(27-23(25)33)18(21(31)29-34)13-9-12-17-10-7-6-8-11-17/h6-12,16,18-19,34H,4-5,13-15,26H2,1-3H3,(H,28,32)(H,29,31)(H3,25,27,33)/b12-9+/t16?,18-,19+,24?/m0/s1. The summed E-state index contributed by atoms with van der Waals surface area (Å²) in [5.74, 6) is 1.93. The fourth-order valence-electron chi connectivity index (χ4n) is 4.14. The number of primary amides is 1. The molecule has 4 atom stereocenters. The molecule has 0 aromatic heterocycles. The average molecular weight is 476 g/mol. The van der Waals surface area contributed by atoms with Crippen LogP contribution in [0.25, 0.3) is 6.08 Å². The second-order valence-electron chi connectivity index (χ2n) is 8.50. The zero-order valence-electron chi connectivity index (χ0n) is 20.0. The number of hydrazine groups is 1. The van der Waals surface area contributed by atoms with E-state index in [1.54, 1.807) is 17.6 Å². The van der Waals surface area contributed by atoms with Crippen LogP contribution in [0.5, 0.6) is 0 Å². The molecule has 0 aliphatic rings. The van der Waals surface area contributed by atoms with Gasteiger partial charge in [-0.3, -0.25) is 25.0 Å². The lowest BCUT2D eigenvalue weighted by molar-refractivity contribution is -0.149. The summed E-state index contributed by atoms with van der Waals surface area (Å²) in [5, 5.41) is 11.7. The number of rotatable bonds is 14. The van der Waals surface area contributed by atoms with Gasteiger partial charge in [0.1, 0.15) is 11.5 Å². The second kappa shape index (κ2) is 14.1. The maximum Gasteiger partial charge on any atom is 0.312 e. The van der Waals surface area contributed by atoms with Gasteiger partial charge in [-0.25, -0.2) is 16.1 Å². The van der Waals surface area contributed by atoms with Crippen molar-refractivity contribution in [3.8, 4) is 0 Å². The van der Waals surface area contributed by atoms with Crippen LogP contribution >= 0.6 is 0 Å². The van der Waals surface area contributed by atoms with Gasteiger partial charge < -0.3 is 11.1 Å². The number of benzene rings is 1. The lowest BCUT2D eigenvalue weighted by atomic mass is 9.68. The van der Waals surface area contributed by atoms with Crippen molar-refractivity contribution in [2.75, 3.05) is 0 Å². The number of hydroxylamine groups is 1. The van der Waals surface area contributed by atoms with Gasteiger partial charge in [0, 0.05) is 0 Å². The van der Waals surface area contributed by atoms with E-state index in [0.29, 0.717) is 12.8 Å². The fourth-order valence-corrected chi connectivity index (χ4v) is 4.14. The van der Waals surface area contributed by atoms with Crippen molar-refractivity contribution in [2.24, 2.45) is 28.8 Å². The first-order chi connectivity index (χ1) is 16.2. The highest BCUT2D eigenvalue weighted by Crippen LogP contribution is 2.37. The summed E-state index contributed by atoms with van der Waals surface area (Å²) in [6.45, 7) is 5.65. The summed E-state index contributed by atoms with van der Waals surface area (Å²) < 4.78 is 0. The number of ketones is 1. The number of nitrogens with one attached hydrogen (secondary N) is 3. The number of Topliss-reactive ketones (excluding diaryl/α,β-unsaturated/α-hetero) is 1. The predicted octanol–water partition coefficient (Wildman–Crippen LogP) is 2.03.